The van der Waals surface area contributed by atoms with E-state index in [1.54, 1.807) is 6.07 Å². The van der Waals surface area contributed by atoms with Crippen LogP contribution in [0.2, 0.25) is 0 Å². The van der Waals surface area contributed by atoms with Crippen molar-refractivity contribution in [3.63, 3.8) is 0 Å². The molecule has 1 aliphatic rings. The molecule has 0 fully saturated rings. The van der Waals surface area contributed by atoms with Crippen molar-refractivity contribution in [3.8, 4) is 11.1 Å². The molecule has 0 bridgehead atoms. The molecule has 186 valence electrons. The van der Waals surface area contributed by atoms with E-state index in [9.17, 15) is 9.59 Å². The van der Waals surface area contributed by atoms with Crippen LogP contribution >= 0.6 is 0 Å². The average Bonchev–Trinajstić information content (AvgIpc) is 2.93. The smallest absolute Gasteiger partial charge is 0.251 e. The van der Waals surface area contributed by atoms with Gasteiger partial charge in [0.2, 0.25) is 5.91 Å². The van der Waals surface area contributed by atoms with Crippen LogP contribution in [0.15, 0.2) is 97.1 Å². The average molecular weight is 490 g/mol. The SMILES string of the molecule is CC(NC(=O)c1ccc2c(c1)CCCN2Cc1ccc(-c2ccccc2C(N)=O)cc1)c1ccccc1. The Balaban J connectivity index is 1.29. The molecular weight excluding hydrogens is 458 g/mol. The summed E-state index contributed by atoms with van der Waals surface area (Å²) in [5.41, 5.74) is 13.3. The molecule has 5 rings (SSSR count). The van der Waals surface area contributed by atoms with Crippen molar-refractivity contribution in [2.24, 2.45) is 5.73 Å². The summed E-state index contributed by atoms with van der Waals surface area (Å²) in [7, 11) is 0. The lowest BCUT2D eigenvalue weighted by molar-refractivity contribution is 0.0938. The molecule has 0 saturated carbocycles. The van der Waals surface area contributed by atoms with E-state index < -0.39 is 5.91 Å². The second-order valence-corrected chi connectivity index (χ2v) is 9.58. The second-order valence-electron chi connectivity index (χ2n) is 9.58. The van der Waals surface area contributed by atoms with Crippen molar-refractivity contribution >= 4 is 17.5 Å². The van der Waals surface area contributed by atoms with Gasteiger partial charge in [0, 0.05) is 29.9 Å². The fourth-order valence-electron chi connectivity index (χ4n) is 5.05. The van der Waals surface area contributed by atoms with Gasteiger partial charge in [-0.1, -0.05) is 72.8 Å². The monoisotopic (exact) mass is 489 g/mol. The van der Waals surface area contributed by atoms with Crippen LogP contribution in [-0.4, -0.2) is 18.4 Å². The predicted octanol–water partition coefficient (Wildman–Crippen LogP) is 5.90. The summed E-state index contributed by atoms with van der Waals surface area (Å²) in [6.07, 6.45) is 2.01. The number of fused-ring (bicyclic) bond motifs is 1. The maximum absolute atomic E-state index is 12.9. The molecule has 4 aromatic rings. The summed E-state index contributed by atoms with van der Waals surface area (Å²) in [5.74, 6) is -0.477. The fourth-order valence-corrected chi connectivity index (χ4v) is 5.05. The van der Waals surface area contributed by atoms with Crippen LogP contribution in [0, 0.1) is 0 Å². The van der Waals surface area contributed by atoms with Gasteiger partial charge in [-0.3, -0.25) is 9.59 Å². The first-order valence-electron chi connectivity index (χ1n) is 12.7. The Labute approximate surface area is 217 Å². The van der Waals surface area contributed by atoms with E-state index >= 15 is 0 Å². The number of rotatable bonds is 7. The third-order valence-electron chi connectivity index (χ3n) is 7.03. The van der Waals surface area contributed by atoms with E-state index in [4.69, 9.17) is 5.73 Å². The van der Waals surface area contributed by atoms with E-state index in [0.717, 1.165) is 42.6 Å². The molecule has 1 heterocycles. The van der Waals surface area contributed by atoms with Crippen molar-refractivity contribution in [1.29, 1.82) is 0 Å². The number of hydrogen-bond acceptors (Lipinski definition) is 3. The maximum atomic E-state index is 12.9. The van der Waals surface area contributed by atoms with Crippen LogP contribution < -0.4 is 16.0 Å². The fraction of sp³-hybridized carbons (Fsp3) is 0.188. The molecule has 37 heavy (non-hydrogen) atoms. The lowest BCUT2D eigenvalue weighted by atomic mass is 9.96. The zero-order valence-electron chi connectivity index (χ0n) is 21.0. The van der Waals surface area contributed by atoms with Crippen LogP contribution in [0.5, 0.6) is 0 Å². The molecule has 0 spiro atoms. The minimum Gasteiger partial charge on any atom is -0.367 e. The number of carbonyl (C=O) groups excluding carboxylic acids is 2. The minimum absolute atomic E-state index is 0.0527. The molecular formula is C32H31N3O2. The number of primary amides is 1. The van der Waals surface area contributed by atoms with Gasteiger partial charge in [-0.25, -0.2) is 0 Å². The van der Waals surface area contributed by atoms with Crippen molar-refractivity contribution in [2.75, 3.05) is 11.4 Å². The van der Waals surface area contributed by atoms with Crippen LogP contribution in [0.1, 0.15) is 56.8 Å². The molecule has 0 aliphatic carbocycles. The third kappa shape index (κ3) is 5.41. The van der Waals surface area contributed by atoms with E-state index in [-0.39, 0.29) is 11.9 Å². The number of carbonyl (C=O) groups is 2. The van der Waals surface area contributed by atoms with Gasteiger partial charge < -0.3 is 16.0 Å². The minimum atomic E-state index is -0.424. The summed E-state index contributed by atoms with van der Waals surface area (Å²) in [5, 5.41) is 3.12. The highest BCUT2D eigenvalue weighted by Crippen LogP contribution is 2.30. The van der Waals surface area contributed by atoms with Crippen molar-refractivity contribution in [1.82, 2.24) is 5.32 Å². The first-order chi connectivity index (χ1) is 18.0. The molecule has 5 heteroatoms. The first kappa shape index (κ1) is 24.3. The van der Waals surface area contributed by atoms with Gasteiger partial charge >= 0.3 is 0 Å². The molecule has 0 saturated heterocycles. The lowest BCUT2D eigenvalue weighted by Gasteiger charge is -2.32. The Hall–Kier alpha value is -4.38. The molecule has 1 aliphatic heterocycles. The number of nitrogens with two attached hydrogens (primary N) is 1. The van der Waals surface area contributed by atoms with E-state index in [1.165, 1.54) is 16.8 Å². The molecule has 1 unspecified atom stereocenters. The predicted molar refractivity (Wildman–Crippen MR) is 149 cm³/mol. The van der Waals surface area contributed by atoms with Crippen LogP contribution in [0.4, 0.5) is 5.69 Å². The molecule has 3 N–H and O–H groups in total. The molecule has 5 nitrogen and oxygen atoms in total. The molecule has 4 aromatic carbocycles. The highest BCUT2D eigenvalue weighted by atomic mass is 16.2. The summed E-state index contributed by atoms with van der Waals surface area (Å²) in [4.78, 5) is 27.1. The maximum Gasteiger partial charge on any atom is 0.251 e. The number of aryl methyl sites for hydroxylation is 1. The van der Waals surface area contributed by atoms with Crippen molar-refractivity contribution in [3.05, 3.63) is 125 Å². The summed E-state index contributed by atoms with van der Waals surface area (Å²) in [6.45, 7) is 3.75. The highest BCUT2D eigenvalue weighted by Gasteiger charge is 2.20. The Morgan fingerprint density at radius 1 is 0.919 bits per heavy atom. The van der Waals surface area contributed by atoms with Gasteiger partial charge in [0.25, 0.3) is 5.91 Å². The Morgan fingerprint density at radius 2 is 1.65 bits per heavy atom. The third-order valence-corrected chi connectivity index (χ3v) is 7.03. The zero-order valence-corrected chi connectivity index (χ0v) is 21.0. The number of nitrogens with zero attached hydrogens (tertiary/aromatic N) is 1. The number of anilines is 1. The van der Waals surface area contributed by atoms with Crippen LogP contribution in [0.25, 0.3) is 11.1 Å². The number of nitrogens with one attached hydrogen (secondary N) is 1. The Morgan fingerprint density at radius 3 is 2.41 bits per heavy atom. The molecule has 1 atom stereocenters. The standard InChI is InChI=1S/C32H31N3O2/c1-22(24-8-3-2-4-9-24)34-32(37)27-17-18-30-26(20-27)10-7-19-35(30)21-23-13-15-25(16-14-23)28-11-5-6-12-29(28)31(33)36/h2-6,8-9,11-18,20,22H,7,10,19,21H2,1H3,(H2,33,36)(H,34,37). The van der Waals surface area contributed by atoms with Crippen molar-refractivity contribution < 1.29 is 9.59 Å². The Bertz CT molecular complexity index is 1410. The van der Waals surface area contributed by atoms with E-state index in [1.807, 2.05) is 79.7 Å². The molecule has 2 amide bonds. The summed E-state index contributed by atoms with van der Waals surface area (Å²) in [6, 6.07) is 31.7. The number of amides is 2. The number of hydrogen-bond donors (Lipinski definition) is 2. The first-order valence-corrected chi connectivity index (χ1v) is 12.7. The van der Waals surface area contributed by atoms with Gasteiger partial charge in [0.15, 0.2) is 0 Å². The number of benzene rings is 4. The molecule has 0 radical (unpaired) electrons. The summed E-state index contributed by atoms with van der Waals surface area (Å²) >= 11 is 0. The van der Waals surface area contributed by atoms with Gasteiger partial charge in [-0.2, -0.15) is 0 Å². The van der Waals surface area contributed by atoms with Gasteiger partial charge in [0.1, 0.15) is 0 Å². The normalized spacial score (nSPS) is 13.5. The van der Waals surface area contributed by atoms with Crippen molar-refractivity contribution in [2.45, 2.75) is 32.4 Å². The van der Waals surface area contributed by atoms with Gasteiger partial charge in [-0.05, 0) is 71.8 Å². The Kier molecular flexibility index (Phi) is 7.04. The largest absolute Gasteiger partial charge is 0.367 e. The van der Waals surface area contributed by atoms with Crippen LogP contribution in [0.3, 0.4) is 0 Å². The quantitative estimate of drug-likeness (QED) is 0.340. The zero-order chi connectivity index (χ0) is 25.8. The van der Waals surface area contributed by atoms with E-state index in [2.05, 4.69) is 28.4 Å². The topological polar surface area (TPSA) is 75.4 Å². The lowest BCUT2D eigenvalue weighted by Crippen LogP contribution is -2.30. The summed E-state index contributed by atoms with van der Waals surface area (Å²) < 4.78 is 0. The van der Waals surface area contributed by atoms with E-state index in [0.29, 0.717) is 11.1 Å². The molecule has 0 aromatic heterocycles. The van der Waals surface area contributed by atoms with Gasteiger partial charge in [0.05, 0.1) is 6.04 Å². The van der Waals surface area contributed by atoms with Gasteiger partial charge in [-0.15, -0.1) is 0 Å². The second kappa shape index (κ2) is 10.7. The van der Waals surface area contributed by atoms with Crippen LogP contribution in [-0.2, 0) is 13.0 Å². The highest BCUT2D eigenvalue weighted by molar-refractivity contribution is 5.99.